The number of anilines is 2. The Morgan fingerprint density at radius 3 is 2.64 bits per heavy atom. The zero-order chi connectivity index (χ0) is 17.2. The largest absolute Gasteiger partial charge is 0.378 e. The summed E-state index contributed by atoms with van der Waals surface area (Å²) < 4.78 is 20.4. The Morgan fingerprint density at radius 1 is 1.12 bits per heavy atom. The van der Waals surface area contributed by atoms with Gasteiger partial charge in [0.05, 0.1) is 19.0 Å². The number of aromatic nitrogens is 3. The second kappa shape index (κ2) is 7.01. The summed E-state index contributed by atoms with van der Waals surface area (Å²) in [6, 6.07) is 6.33. The molecule has 2 aliphatic rings. The zero-order valence-electron chi connectivity index (χ0n) is 13.6. The summed E-state index contributed by atoms with van der Waals surface area (Å²) in [6.07, 6.45) is 0. The van der Waals surface area contributed by atoms with E-state index in [2.05, 4.69) is 10.2 Å². The molecule has 25 heavy (non-hydrogen) atoms. The van der Waals surface area contributed by atoms with Gasteiger partial charge >= 0.3 is 0 Å². The Labute approximate surface area is 148 Å². The van der Waals surface area contributed by atoms with Gasteiger partial charge in [-0.2, -0.15) is 0 Å². The van der Waals surface area contributed by atoms with E-state index in [9.17, 15) is 9.18 Å². The first-order valence-electron chi connectivity index (χ1n) is 8.17. The molecular weight excluding hydrogens is 345 g/mol. The Balaban J connectivity index is 1.43. The molecule has 3 heterocycles. The Kier molecular flexibility index (Phi) is 4.58. The van der Waals surface area contributed by atoms with Crippen LogP contribution in [0.4, 0.5) is 16.0 Å². The molecule has 2 aliphatic heterocycles. The lowest BCUT2D eigenvalue weighted by atomic mass is 10.3. The Hall–Kier alpha value is -2.13. The van der Waals surface area contributed by atoms with Gasteiger partial charge in [0.2, 0.25) is 11.9 Å². The summed E-state index contributed by atoms with van der Waals surface area (Å²) in [6.45, 7) is 3.99. The number of nitrogens with zero attached hydrogens (tertiary/aromatic N) is 5. The lowest BCUT2D eigenvalue weighted by molar-refractivity contribution is -0.132. The minimum absolute atomic E-state index is 0.0963. The van der Waals surface area contributed by atoms with Gasteiger partial charge in [-0.15, -0.1) is 10.2 Å². The van der Waals surface area contributed by atoms with Crippen LogP contribution in [0.5, 0.6) is 0 Å². The summed E-state index contributed by atoms with van der Waals surface area (Å²) >= 11 is 1.40. The van der Waals surface area contributed by atoms with Crippen LogP contribution in [-0.2, 0) is 16.1 Å². The lowest BCUT2D eigenvalue weighted by Gasteiger charge is -2.26. The number of fused-ring (bicyclic) bond motifs is 1. The number of carbonyl (C=O) groups is 1. The Morgan fingerprint density at radius 2 is 1.88 bits per heavy atom. The molecule has 1 saturated heterocycles. The molecule has 0 bridgehead atoms. The molecular formula is C16H18FN5O2S. The van der Waals surface area contributed by atoms with Crippen LogP contribution in [0, 0.1) is 5.82 Å². The van der Waals surface area contributed by atoms with Gasteiger partial charge < -0.3 is 14.5 Å². The number of halogens is 1. The van der Waals surface area contributed by atoms with Crippen molar-refractivity contribution < 1.29 is 13.9 Å². The SMILES string of the molecule is O=C(CSc1nnc2n1CCN2c1ccc(F)cc1)N1CCOCC1. The molecule has 0 N–H and O–H groups in total. The first-order chi connectivity index (χ1) is 12.2. The maximum atomic E-state index is 13.1. The molecule has 9 heteroatoms. The molecule has 1 fully saturated rings. The van der Waals surface area contributed by atoms with E-state index >= 15 is 0 Å². The maximum Gasteiger partial charge on any atom is 0.233 e. The normalized spacial score (nSPS) is 17.0. The second-order valence-corrected chi connectivity index (χ2v) is 6.79. The van der Waals surface area contributed by atoms with Crippen LogP contribution in [0.25, 0.3) is 0 Å². The van der Waals surface area contributed by atoms with Crippen LogP contribution in [0.3, 0.4) is 0 Å². The molecule has 1 aromatic heterocycles. The van der Waals surface area contributed by atoms with Crippen molar-refractivity contribution in [2.24, 2.45) is 0 Å². The van der Waals surface area contributed by atoms with Crippen LogP contribution in [-0.4, -0.2) is 64.2 Å². The van der Waals surface area contributed by atoms with Gasteiger partial charge in [0, 0.05) is 31.9 Å². The van der Waals surface area contributed by atoms with Gasteiger partial charge in [-0.3, -0.25) is 9.36 Å². The highest BCUT2D eigenvalue weighted by Gasteiger charge is 2.27. The fourth-order valence-electron chi connectivity index (χ4n) is 2.98. The van der Waals surface area contributed by atoms with Crippen LogP contribution in [0.15, 0.2) is 29.4 Å². The number of morpholine rings is 1. The van der Waals surface area contributed by atoms with Gasteiger partial charge in [-0.25, -0.2) is 4.39 Å². The number of carbonyl (C=O) groups excluding carboxylic acids is 1. The average molecular weight is 363 g/mol. The predicted octanol–water partition coefficient (Wildman–Crippen LogP) is 1.52. The van der Waals surface area contributed by atoms with Crippen molar-refractivity contribution in [2.75, 3.05) is 43.5 Å². The molecule has 7 nitrogen and oxygen atoms in total. The van der Waals surface area contributed by atoms with Gasteiger partial charge in [-0.1, -0.05) is 11.8 Å². The maximum absolute atomic E-state index is 13.1. The molecule has 0 unspecified atom stereocenters. The number of benzene rings is 1. The van der Waals surface area contributed by atoms with Crippen LogP contribution >= 0.6 is 11.8 Å². The second-order valence-electron chi connectivity index (χ2n) is 5.84. The van der Waals surface area contributed by atoms with E-state index < -0.39 is 0 Å². The van der Waals surface area contributed by atoms with E-state index in [1.807, 2.05) is 14.4 Å². The third kappa shape index (κ3) is 3.34. The quantitative estimate of drug-likeness (QED) is 0.768. The zero-order valence-corrected chi connectivity index (χ0v) is 14.4. The summed E-state index contributed by atoms with van der Waals surface area (Å²) in [7, 11) is 0. The number of amides is 1. The van der Waals surface area contributed by atoms with E-state index in [0.29, 0.717) is 32.1 Å². The first-order valence-corrected chi connectivity index (χ1v) is 9.15. The van der Waals surface area contributed by atoms with E-state index in [1.165, 1.54) is 23.9 Å². The Bertz CT molecular complexity index is 760. The van der Waals surface area contributed by atoms with Crippen molar-refractivity contribution >= 4 is 29.3 Å². The minimum Gasteiger partial charge on any atom is -0.378 e. The van der Waals surface area contributed by atoms with Crippen LogP contribution in [0.2, 0.25) is 0 Å². The standard InChI is InChI=1S/C16H18FN5O2S/c17-12-1-3-13(4-2-12)21-5-6-22-15(21)18-19-16(22)25-11-14(23)20-7-9-24-10-8-20/h1-4H,5-11H2. The fourth-order valence-corrected chi connectivity index (χ4v) is 3.84. The van der Waals surface area contributed by atoms with E-state index in [-0.39, 0.29) is 11.7 Å². The summed E-state index contributed by atoms with van der Waals surface area (Å²) in [4.78, 5) is 16.1. The van der Waals surface area contributed by atoms with E-state index in [4.69, 9.17) is 4.74 Å². The van der Waals surface area contributed by atoms with Gasteiger partial charge in [0.25, 0.3) is 0 Å². The summed E-state index contributed by atoms with van der Waals surface area (Å²) in [5, 5.41) is 9.20. The third-order valence-electron chi connectivity index (χ3n) is 4.31. The molecule has 1 aromatic carbocycles. The molecule has 2 aromatic rings. The number of hydrogen-bond acceptors (Lipinski definition) is 6. The molecule has 1 amide bonds. The highest BCUT2D eigenvalue weighted by molar-refractivity contribution is 7.99. The van der Waals surface area contributed by atoms with Crippen LogP contribution < -0.4 is 4.90 Å². The lowest BCUT2D eigenvalue weighted by Crippen LogP contribution is -2.41. The molecule has 0 spiro atoms. The first kappa shape index (κ1) is 16.3. The van der Waals surface area contributed by atoms with Crippen molar-refractivity contribution in [2.45, 2.75) is 11.7 Å². The molecule has 0 radical (unpaired) electrons. The monoisotopic (exact) mass is 363 g/mol. The topological polar surface area (TPSA) is 63.5 Å². The van der Waals surface area contributed by atoms with Gasteiger partial charge in [-0.05, 0) is 24.3 Å². The van der Waals surface area contributed by atoms with Crippen molar-refractivity contribution in [1.29, 1.82) is 0 Å². The number of ether oxygens (including phenoxy) is 1. The van der Waals surface area contributed by atoms with Crippen molar-refractivity contribution in [1.82, 2.24) is 19.7 Å². The average Bonchev–Trinajstić information content (AvgIpc) is 3.23. The molecule has 0 saturated carbocycles. The molecule has 132 valence electrons. The minimum atomic E-state index is -0.262. The highest BCUT2D eigenvalue weighted by atomic mass is 32.2. The van der Waals surface area contributed by atoms with Gasteiger partial charge in [0.1, 0.15) is 5.82 Å². The number of thioether (sulfide) groups is 1. The summed E-state index contributed by atoms with van der Waals surface area (Å²) in [5.74, 6) is 0.906. The van der Waals surface area contributed by atoms with E-state index in [0.717, 1.165) is 29.9 Å². The van der Waals surface area contributed by atoms with Gasteiger partial charge in [0.15, 0.2) is 5.16 Å². The predicted molar refractivity (Wildman–Crippen MR) is 91.6 cm³/mol. The summed E-state index contributed by atoms with van der Waals surface area (Å²) in [5.41, 5.74) is 0.883. The number of rotatable bonds is 4. The third-order valence-corrected chi connectivity index (χ3v) is 5.26. The smallest absolute Gasteiger partial charge is 0.233 e. The van der Waals surface area contributed by atoms with E-state index in [1.54, 1.807) is 12.1 Å². The fraction of sp³-hybridized carbons (Fsp3) is 0.438. The highest BCUT2D eigenvalue weighted by Crippen LogP contribution is 2.32. The molecule has 0 aliphatic carbocycles. The van der Waals surface area contributed by atoms with Crippen molar-refractivity contribution in [3.8, 4) is 0 Å². The van der Waals surface area contributed by atoms with Crippen molar-refractivity contribution in [3.05, 3.63) is 30.1 Å². The number of hydrogen-bond donors (Lipinski definition) is 0. The van der Waals surface area contributed by atoms with Crippen molar-refractivity contribution in [3.63, 3.8) is 0 Å². The molecule has 4 rings (SSSR count). The molecule has 0 atom stereocenters. The van der Waals surface area contributed by atoms with Crippen LogP contribution in [0.1, 0.15) is 0 Å².